The van der Waals surface area contributed by atoms with Crippen molar-refractivity contribution in [3.63, 3.8) is 0 Å². The summed E-state index contributed by atoms with van der Waals surface area (Å²) in [6.07, 6.45) is 0. The van der Waals surface area contributed by atoms with Crippen molar-refractivity contribution in [2.75, 3.05) is 13.6 Å². The van der Waals surface area contributed by atoms with E-state index in [9.17, 15) is 4.79 Å². The van der Waals surface area contributed by atoms with Gasteiger partial charge in [0.25, 0.3) is 0 Å². The van der Waals surface area contributed by atoms with Crippen LogP contribution in [0.1, 0.15) is 5.56 Å². The molecule has 0 fully saturated rings. The third-order valence-corrected chi connectivity index (χ3v) is 1.64. The Labute approximate surface area is 77.7 Å². The standard InChI is InChI=1S/C10H13NO2/c1-8-5-3-4-6-9(8)13-10(12)7-11-2/h3-6,11H,7H2,1-2H3. The van der Waals surface area contributed by atoms with Crippen molar-refractivity contribution in [3.8, 4) is 5.75 Å². The molecule has 0 aliphatic rings. The highest BCUT2D eigenvalue weighted by Gasteiger charge is 2.04. The van der Waals surface area contributed by atoms with Crippen LogP contribution in [-0.2, 0) is 4.79 Å². The van der Waals surface area contributed by atoms with Crippen LogP contribution in [0, 0.1) is 6.92 Å². The molecule has 0 heterocycles. The third-order valence-electron chi connectivity index (χ3n) is 1.64. The van der Waals surface area contributed by atoms with Crippen LogP contribution in [0.4, 0.5) is 0 Å². The summed E-state index contributed by atoms with van der Waals surface area (Å²) < 4.78 is 5.08. The van der Waals surface area contributed by atoms with Gasteiger partial charge >= 0.3 is 5.97 Å². The molecule has 0 saturated heterocycles. The van der Waals surface area contributed by atoms with E-state index in [0.29, 0.717) is 5.75 Å². The number of hydrogen-bond acceptors (Lipinski definition) is 3. The van der Waals surface area contributed by atoms with Gasteiger partial charge in [-0.15, -0.1) is 0 Å². The Balaban J connectivity index is 2.63. The highest BCUT2D eigenvalue weighted by Crippen LogP contribution is 2.15. The average Bonchev–Trinajstić information content (AvgIpc) is 2.09. The van der Waals surface area contributed by atoms with Crippen LogP contribution in [0.15, 0.2) is 24.3 Å². The molecule has 0 bridgehead atoms. The highest BCUT2D eigenvalue weighted by molar-refractivity contribution is 5.74. The molecule has 0 saturated carbocycles. The number of aryl methyl sites for hydroxylation is 1. The fourth-order valence-corrected chi connectivity index (χ4v) is 0.974. The van der Waals surface area contributed by atoms with Gasteiger partial charge in [-0.25, -0.2) is 0 Å². The number of ether oxygens (including phenoxy) is 1. The van der Waals surface area contributed by atoms with Gasteiger partial charge in [0.2, 0.25) is 0 Å². The molecule has 0 aliphatic heterocycles. The molecule has 0 aliphatic carbocycles. The molecule has 0 unspecified atom stereocenters. The largest absolute Gasteiger partial charge is 0.425 e. The number of rotatable bonds is 3. The minimum atomic E-state index is -0.267. The second-order valence-electron chi connectivity index (χ2n) is 2.77. The number of hydrogen-bond donors (Lipinski definition) is 1. The van der Waals surface area contributed by atoms with E-state index >= 15 is 0 Å². The van der Waals surface area contributed by atoms with Gasteiger partial charge in [0, 0.05) is 0 Å². The lowest BCUT2D eigenvalue weighted by molar-refractivity contribution is -0.133. The zero-order chi connectivity index (χ0) is 9.68. The van der Waals surface area contributed by atoms with Crippen LogP contribution >= 0.6 is 0 Å². The van der Waals surface area contributed by atoms with E-state index in [4.69, 9.17) is 4.74 Å². The zero-order valence-corrected chi connectivity index (χ0v) is 7.83. The van der Waals surface area contributed by atoms with Gasteiger partial charge in [-0.3, -0.25) is 4.79 Å². The number of likely N-dealkylation sites (N-methyl/N-ethyl adjacent to an activating group) is 1. The minimum absolute atomic E-state index is 0.230. The Hall–Kier alpha value is -1.35. The molecule has 0 amide bonds. The van der Waals surface area contributed by atoms with Crippen LogP contribution in [0.2, 0.25) is 0 Å². The second-order valence-corrected chi connectivity index (χ2v) is 2.77. The number of carbonyl (C=O) groups is 1. The summed E-state index contributed by atoms with van der Waals surface area (Å²) in [5, 5.41) is 2.73. The first-order chi connectivity index (χ1) is 6.24. The molecule has 1 N–H and O–H groups in total. The molecule has 1 aromatic rings. The lowest BCUT2D eigenvalue weighted by Gasteiger charge is -2.05. The smallest absolute Gasteiger partial charge is 0.325 e. The quantitative estimate of drug-likeness (QED) is 0.558. The molecular formula is C10H13NO2. The first-order valence-corrected chi connectivity index (χ1v) is 4.15. The molecule has 0 radical (unpaired) electrons. The van der Waals surface area contributed by atoms with Crippen LogP contribution < -0.4 is 10.1 Å². The molecule has 1 aromatic carbocycles. The zero-order valence-electron chi connectivity index (χ0n) is 7.83. The molecule has 70 valence electrons. The summed E-state index contributed by atoms with van der Waals surface area (Å²) in [5.74, 6) is 0.361. The summed E-state index contributed by atoms with van der Waals surface area (Å²) in [6.45, 7) is 2.14. The van der Waals surface area contributed by atoms with Crippen molar-refractivity contribution < 1.29 is 9.53 Å². The van der Waals surface area contributed by atoms with Crippen molar-refractivity contribution >= 4 is 5.97 Å². The Kier molecular flexibility index (Phi) is 3.46. The first-order valence-electron chi connectivity index (χ1n) is 4.15. The van der Waals surface area contributed by atoms with E-state index in [1.807, 2.05) is 25.1 Å². The van der Waals surface area contributed by atoms with Crippen LogP contribution in [0.3, 0.4) is 0 Å². The second kappa shape index (κ2) is 4.62. The van der Waals surface area contributed by atoms with Crippen LogP contribution in [0.25, 0.3) is 0 Å². The number of carbonyl (C=O) groups excluding carboxylic acids is 1. The van der Waals surface area contributed by atoms with Crippen molar-refractivity contribution in [2.24, 2.45) is 0 Å². The predicted molar refractivity (Wildman–Crippen MR) is 50.7 cm³/mol. The fraction of sp³-hybridized carbons (Fsp3) is 0.300. The van der Waals surface area contributed by atoms with Crippen molar-refractivity contribution in [2.45, 2.75) is 6.92 Å². The Morgan fingerprint density at radius 3 is 2.77 bits per heavy atom. The lowest BCUT2D eigenvalue weighted by atomic mass is 10.2. The monoisotopic (exact) mass is 179 g/mol. The van der Waals surface area contributed by atoms with Gasteiger partial charge in [0.1, 0.15) is 5.75 Å². The number of esters is 1. The summed E-state index contributed by atoms with van der Waals surface area (Å²) in [5.41, 5.74) is 0.965. The van der Waals surface area contributed by atoms with E-state index in [2.05, 4.69) is 5.32 Å². The van der Waals surface area contributed by atoms with E-state index in [-0.39, 0.29) is 12.5 Å². The summed E-state index contributed by atoms with van der Waals surface area (Å²) in [6, 6.07) is 7.44. The van der Waals surface area contributed by atoms with Gasteiger partial charge in [-0.05, 0) is 25.6 Å². The van der Waals surface area contributed by atoms with Gasteiger partial charge in [-0.1, -0.05) is 18.2 Å². The fourth-order valence-electron chi connectivity index (χ4n) is 0.974. The summed E-state index contributed by atoms with van der Waals surface area (Å²) in [4.78, 5) is 11.1. The normalized spacial score (nSPS) is 9.69. The number of benzene rings is 1. The summed E-state index contributed by atoms with van der Waals surface area (Å²) >= 11 is 0. The minimum Gasteiger partial charge on any atom is -0.425 e. The number of nitrogens with one attached hydrogen (secondary N) is 1. The molecule has 1 rings (SSSR count). The van der Waals surface area contributed by atoms with Crippen molar-refractivity contribution in [3.05, 3.63) is 29.8 Å². The number of para-hydroxylation sites is 1. The molecular weight excluding hydrogens is 166 g/mol. The molecule has 13 heavy (non-hydrogen) atoms. The summed E-state index contributed by atoms with van der Waals surface area (Å²) in [7, 11) is 1.71. The Morgan fingerprint density at radius 2 is 2.15 bits per heavy atom. The highest BCUT2D eigenvalue weighted by atomic mass is 16.5. The van der Waals surface area contributed by atoms with Crippen LogP contribution in [-0.4, -0.2) is 19.6 Å². The maximum absolute atomic E-state index is 11.1. The maximum Gasteiger partial charge on any atom is 0.325 e. The van der Waals surface area contributed by atoms with E-state index in [1.54, 1.807) is 13.1 Å². The van der Waals surface area contributed by atoms with Gasteiger partial charge in [0.05, 0.1) is 6.54 Å². The van der Waals surface area contributed by atoms with E-state index in [0.717, 1.165) is 5.56 Å². The molecule has 0 aromatic heterocycles. The average molecular weight is 179 g/mol. The molecule has 0 atom stereocenters. The van der Waals surface area contributed by atoms with Gasteiger partial charge in [-0.2, -0.15) is 0 Å². The van der Waals surface area contributed by atoms with Crippen molar-refractivity contribution in [1.82, 2.24) is 5.32 Å². The van der Waals surface area contributed by atoms with Gasteiger partial charge < -0.3 is 10.1 Å². The van der Waals surface area contributed by atoms with Crippen LogP contribution in [0.5, 0.6) is 5.75 Å². The first kappa shape index (κ1) is 9.74. The molecule has 3 heteroatoms. The topological polar surface area (TPSA) is 38.3 Å². The van der Waals surface area contributed by atoms with Crippen molar-refractivity contribution in [1.29, 1.82) is 0 Å². The van der Waals surface area contributed by atoms with E-state index in [1.165, 1.54) is 0 Å². The van der Waals surface area contributed by atoms with Gasteiger partial charge in [0.15, 0.2) is 0 Å². The lowest BCUT2D eigenvalue weighted by Crippen LogP contribution is -2.23. The maximum atomic E-state index is 11.1. The third kappa shape index (κ3) is 2.87. The SMILES string of the molecule is CNCC(=O)Oc1ccccc1C. The Morgan fingerprint density at radius 1 is 1.46 bits per heavy atom. The Bertz CT molecular complexity index is 297. The van der Waals surface area contributed by atoms with E-state index < -0.39 is 0 Å². The molecule has 3 nitrogen and oxygen atoms in total. The molecule has 0 spiro atoms. The predicted octanol–water partition coefficient (Wildman–Crippen LogP) is 1.12.